The number of rotatable bonds is 5. The van der Waals surface area contributed by atoms with E-state index in [0.29, 0.717) is 5.92 Å². The van der Waals surface area contributed by atoms with Crippen LogP contribution in [-0.4, -0.2) is 25.5 Å². The molecule has 0 aliphatic carbocycles. The minimum atomic E-state index is -0.355. The maximum Gasteiger partial charge on any atom is 0.137 e. The summed E-state index contributed by atoms with van der Waals surface area (Å²) in [6.45, 7) is 13.6. The quantitative estimate of drug-likeness (QED) is 0.145. The van der Waals surface area contributed by atoms with Crippen molar-refractivity contribution in [2.45, 2.75) is 64.2 Å². The Kier molecular flexibility index (Phi) is 6.48. The number of benzene rings is 2. The number of allylic oxidation sites excluding steroid dienone is 3. The van der Waals surface area contributed by atoms with Crippen molar-refractivity contribution in [3.8, 4) is 0 Å². The molecule has 4 heteroatoms. The van der Waals surface area contributed by atoms with Crippen molar-refractivity contribution in [1.82, 2.24) is 4.65 Å². The number of hydroxylamine groups is 2. The van der Waals surface area contributed by atoms with E-state index < -0.39 is 0 Å². The molecular formula is C30H40N2OS. The van der Waals surface area contributed by atoms with Gasteiger partial charge in [-0.3, -0.25) is 0 Å². The minimum absolute atomic E-state index is 0.0542. The maximum atomic E-state index is 13.8. The Labute approximate surface area is 209 Å². The van der Waals surface area contributed by atoms with Gasteiger partial charge in [0.25, 0.3) is 0 Å². The van der Waals surface area contributed by atoms with Crippen molar-refractivity contribution in [1.29, 1.82) is 0 Å². The molecule has 0 fully saturated rings. The molecule has 0 N–H and O–H groups in total. The van der Waals surface area contributed by atoms with Gasteiger partial charge in [0, 0.05) is 12.6 Å². The van der Waals surface area contributed by atoms with E-state index in [9.17, 15) is 5.21 Å². The zero-order valence-corrected chi connectivity index (χ0v) is 22.8. The molecule has 2 aromatic rings. The molecule has 3 nitrogen and oxygen atoms in total. The number of fused-ring (bicyclic) bond motifs is 2. The van der Waals surface area contributed by atoms with Gasteiger partial charge in [0.1, 0.15) is 11.7 Å². The number of likely N-dealkylation sites (N-methyl/N-ethyl adjacent to an activating group) is 1. The van der Waals surface area contributed by atoms with E-state index in [2.05, 4.69) is 107 Å². The SMILES string of the molecule is CCC(C)C(/C=C\C1C(C)(C)c2ccccc2[N+]1(C)[O-])=C\C=S1\N(C)c2ccccc2C1(C)C. The number of hydrogen-bond donors (Lipinski definition) is 0. The Hall–Kier alpha value is -2.14. The Morgan fingerprint density at radius 1 is 1.09 bits per heavy atom. The molecule has 2 aromatic carbocycles. The van der Waals surface area contributed by atoms with Crippen molar-refractivity contribution in [2.75, 3.05) is 18.4 Å². The zero-order valence-electron chi connectivity index (χ0n) is 22.0. The van der Waals surface area contributed by atoms with Crippen LogP contribution in [0.25, 0.3) is 0 Å². The summed E-state index contributed by atoms with van der Waals surface area (Å²) in [6, 6.07) is 16.7. The molecule has 4 atom stereocenters. The fourth-order valence-corrected chi connectivity index (χ4v) is 8.04. The van der Waals surface area contributed by atoms with E-state index in [4.69, 9.17) is 0 Å². The first kappa shape index (κ1) is 25.0. The van der Waals surface area contributed by atoms with Crippen molar-refractivity contribution < 1.29 is 0 Å². The molecular weight excluding hydrogens is 436 g/mol. The van der Waals surface area contributed by atoms with Gasteiger partial charge >= 0.3 is 0 Å². The highest BCUT2D eigenvalue weighted by atomic mass is 32.2. The molecule has 4 unspecified atom stereocenters. The number of nitrogens with zero attached hydrogens (tertiary/aromatic N) is 2. The molecule has 0 radical (unpaired) electrons. The molecule has 4 rings (SSSR count). The van der Waals surface area contributed by atoms with Gasteiger partial charge in [-0.1, -0.05) is 73.1 Å². The van der Waals surface area contributed by atoms with E-state index in [0.717, 1.165) is 17.7 Å². The second-order valence-corrected chi connectivity index (χ2v) is 13.5. The molecule has 182 valence electrons. The van der Waals surface area contributed by atoms with E-state index in [1.54, 1.807) is 7.05 Å². The van der Waals surface area contributed by atoms with Crippen LogP contribution in [0.1, 0.15) is 59.1 Å². The number of quaternary nitrogens is 1. The molecule has 2 aliphatic rings. The van der Waals surface area contributed by atoms with Gasteiger partial charge in [-0.25, -0.2) is 0 Å². The smallest absolute Gasteiger partial charge is 0.137 e. The van der Waals surface area contributed by atoms with Gasteiger partial charge in [-0.05, 0) is 74.7 Å². The lowest BCUT2D eigenvalue weighted by Crippen LogP contribution is -2.50. The van der Waals surface area contributed by atoms with Crippen LogP contribution in [0, 0.1) is 11.1 Å². The van der Waals surface area contributed by atoms with Gasteiger partial charge in [0.2, 0.25) is 0 Å². The maximum absolute atomic E-state index is 13.8. The van der Waals surface area contributed by atoms with Crippen molar-refractivity contribution in [2.24, 2.45) is 5.92 Å². The monoisotopic (exact) mass is 476 g/mol. The Morgan fingerprint density at radius 2 is 1.71 bits per heavy atom. The zero-order chi connectivity index (χ0) is 24.9. The molecule has 0 bridgehead atoms. The summed E-state index contributed by atoms with van der Waals surface area (Å²) < 4.78 is 2.13. The Bertz CT molecular complexity index is 1140. The van der Waals surface area contributed by atoms with Crippen LogP contribution in [0.3, 0.4) is 0 Å². The molecule has 2 heterocycles. The normalized spacial score (nSPS) is 28.4. The highest BCUT2D eigenvalue weighted by Gasteiger charge is 2.49. The summed E-state index contributed by atoms with van der Waals surface area (Å²) in [6.07, 6.45) is 7.80. The molecule has 34 heavy (non-hydrogen) atoms. The van der Waals surface area contributed by atoms with Crippen molar-refractivity contribution in [3.05, 3.63) is 88.7 Å². The summed E-state index contributed by atoms with van der Waals surface area (Å²) in [7, 11) is 3.95. The molecule has 0 amide bonds. The van der Waals surface area contributed by atoms with E-state index in [1.807, 2.05) is 18.2 Å². The third-order valence-electron chi connectivity index (χ3n) is 8.10. The lowest BCUT2D eigenvalue weighted by Gasteiger charge is -2.42. The summed E-state index contributed by atoms with van der Waals surface area (Å²) in [5.41, 5.74) is 5.86. The summed E-state index contributed by atoms with van der Waals surface area (Å²) in [5, 5.41) is 16.2. The van der Waals surface area contributed by atoms with E-state index >= 15 is 0 Å². The van der Waals surface area contributed by atoms with Gasteiger partial charge in [0.15, 0.2) is 0 Å². The first-order chi connectivity index (χ1) is 15.9. The average molecular weight is 477 g/mol. The topological polar surface area (TPSA) is 26.3 Å². The van der Waals surface area contributed by atoms with E-state index in [1.165, 1.54) is 16.8 Å². The minimum Gasteiger partial charge on any atom is -0.627 e. The van der Waals surface area contributed by atoms with E-state index in [-0.39, 0.29) is 31.5 Å². The third kappa shape index (κ3) is 3.90. The predicted octanol–water partition coefficient (Wildman–Crippen LogP) is 7.68. The fraction of sp³-hybridized carbons (Fsp3) is 0.433. The lowest BCUT2D eigenvalue weighted by molar-refractivity contribution is 0.312. The van der Waals surface area contributed by atoms with Crippen LogP contribution in [0.2, 0.25) is 0 Å². The van der Waals surface area contributed by atoms with Crippen LogP contribution in [0.15, 0.2) is 72.3 Å². The van der Waals surface area contributed by atoms with Gasteiger partial charge in [0.05, 0.1) is 22.9 Å². The summed E-state index contributed by atoms with van der Waals surface area (Å²) in [4.78, 5) is 0. The highest BCUT2D eigenvalue weighted by molar-refractivity contribution is 8.17. The number of hydrogen-bond acceptors (Lipinski definition) is 2. The van der Waals surface area contributed by atoms with Gasteiger partial charge in [-0.15, -0.1) is 0 Å². The molecule has 0 aromatic heterocycles. The second-order valence-electron chi connectivity index (χ2n) is 11.0. The molecule has 0 saturated heterocycles. The van der Waals surface area contributed by atoms with Crippen molar-refractivity contribution >= 4 is 27.4 Å². The molecule has 0 spiro atoms. The highest BCUT2D eigenvalue weighted by Crippen LogP contribution is 2.54. The van der Waals surface area contributed by atoms with Crippen LogP contribution < -0.4 is 8.95 Å². The van der Waals surface area contributed by atoms with Crippen LogP contribution >= 0.6 is 10.7 Å². The van der Waals surface area contributed by atoms with Crippen LogP contribution in [-0.2, 0) is 10.2 Å². The first-order valence-electron chi connectivity index (χ1n) is 12.4. The Morgan fingerprint density at radius 3 is 2.32 bits per heavy atom. The molecule has 2 aliphatic heterocycles. The van der Waals surface area contributed by atoms with Crippen molar-refractivity contribution in [3.63, 3.8) is 0 Å². The fourth-order valence-electron chi connectivity index (χ4n) is 5.78. The van der Waals surface area contributed by atoms with Gasteiger partial charge in [-0.2, -0.15) is 0 Å². The van der Waals surface area contributed by atoms with Gasteiger partial charge < -0.3 is 14.2 Å². The predicted molar refractivity (Wildman–Crippen MR) is 153 cm³/mol. The Balaban J connectivity index is 1.71. The van der Waals surface area contributed by atoms with Crippen LogP contribution in [0.4, 0.5) is 11.4 Å². The largest absolute Gasteiger partial charge is 0.627 e. The standard InChI is InChI=1S/C30H40N2OS/c1-9-22(2)23(20-21-34-30(5,6)24-14-10-12-16-26(24)31(34)7)18-19-28-29(3,4)25-15-11-13-17-27(25)32(28,8)33/h10-22,28H,9H2,1-8H3/b19-18-,23-20-. The summed E-state index contributed by atoms with van der Waals surface area (Å²) in [5.74, 6) is 0.423. The second kappa shape index (κ2) is 8.82. The number of anilines is 1. The van der Waals surface area contributed by atoms with Crippen LogP contribution in [0.5, 0.6) is 0 Å². The number of para-hydroxylation sites is 2. The lowest BCUT2D eigenvalue weighted by atomic mass is 9.80. The third-order valence-corrected chi connectivity index (χ3v) is 10.5. The molecule has 0 saturated carbocycles. The average Bonchev–Trinajstić information content (AvgIpc) is 3.09. The first-order valence-corrected chi connectivity index (χ1v) is 13.7. The summed E-state index contributed by atoms with van der Waals surface area (Å²) >= 11 is 0.